The van der Waals surface area contributed by atoms with Crippen LogP contribution < -0.4 is 16.0 Å². The third-order valence-electron chi connectivity index (χ3n) is 3.48. The Labute approximate surface area is 113 Å². The summed E-state index contributed by atoms with van der Waals surface area (Å²) in [4.78, 5) is 14.0. The molecule has 1 aliphatic heterocycles. The van der Waals surface area contributed by atoms with Crippen LogP contribution in [0.15, 0.2) is 18.2 Å². The average Bonchev–Trinajstić information content (AvgIpc) is 2.46. The Morgan fingerprint density at radius 3 is 3.00 bits per heavy atom. The Kier molecular flexibility index (Phi) is 4.39. The Bertz CT molecular complexity index is 462. The van der Waals surface area contributed by atoms with Gasteiger partial charge in [0, 0.05) is 25.8 Å². The van der Waals surface area contributed by atoms with E-state index in [1.165, 1.54) is 0 Å². The summed E-state index contributed by atoms with van der Waals surface area (Å²) >= 11 is 0. The third kappa shape index (κ3) is 2.88. The average molecular weight is 263 g/mol. The van der Waals surface area contributed by atoms with Gasteiger partial charge in [-0.3, -0.25) is 4.79 Å². The van der Waals surface area contributed by atoms with Crippen molar-refractivity contribution < 1.29 is 9.53 Å². The molecule has 1 unspecified atom stereocenters. The van der Waals surface area contributed by atoms with Crippen molar-refractivity contribution in [2.75, 3.05) is 31.7 Å². The van der Waals surface area contributed by atoms with E-state index >= 15 is 0 Å². The Morgan fingerprint density at radius 1 is 1.58 bits per heavy atom. The van der Waals surface area contributed by atoms with Crippen molar-refractivity contribution in [3.05, 3.63) is 29.3 Å². The fourth-order valence-electron chi connectivity index (χ4n) is 2.44. The summed E-state index contributed by atoms with van der Waals surface area (Å²) in [7, 11) is 1.65. The molecule has 0 radical (unpaired) electrons. The summed E-state index contributed by atoms with van der Waals surface area (Å²) < 4.78 is 5.42. The van der Waals surface area contributed by atoms with Gasteiger partial charge in [-0.2, -0.15) is 0 Å². The van der Waals surface area contributed by atoms with Gasteiger partial charge < -0.3 is 20.7 Å². The van der Waals surface area contributed by atoms with Crippen LogP contribution in [-0.2, 0) is 16.1 Å². The number of hydrogen-bond acceptors (Lipinski definition) is 4. The SMILES string of the molecule is CNC(=O)C1COCCN1c1ccc(CN)cc1C. The van der Waals surface area contributed by atoms with Gasteiger partial charge in [0.15, 0.2) is 0 Å². The van der Waals surface area contributed by atoms with Gasteiger partial charge in [0.05, 0.1) is 13.2 Å². The molecule has 0 aliphatic carbocycles. The van der Waals surface area contributed by atoms with Crippen molar-refractivity contribution >= 4 is 11.6 Å². The second kappa shape index (κ2) is 6.04. The van der Waals surface area contributed by atoms with Gasteiger partial charge in [0.25, 0.3) is 0 Å². The lowest BCUT2D eigenvalue weighted by atomic mass is 10.1. The normalized spacial score (nSPS) is 19.3. The summed E-state index contributed by atoms with van der Waals surface area (Å²) in [5, 5.41) is 2.70. The number of ether oxygens (including phenoxy) is 1. The molecule has 104 valence electrons. The summed E-state index contributed by atoms with van der Waals surface area (Å²) in [6.45, 7) is 4.37. The molecule has 5 heteroatoms. The zero-order valence-corrected chi connectivity index (χ0v) is 11.5. The molecule has 0 aromatic heterocycles. The highest BCUT2D eigenvalue weighted by Gasteiger charge is 2.29. The monoisotopic (exact) mass is 263 g/mol. The molecule has 1 aliphatic rings. The number of anilines is 1. The zero-order chi connectivity index (χ0) is 13.8. The number of benzene rings is 1. The first-order valence-electron chi connectivity index (χ1n) is 6.53. The largest absolute Gasteiger partial charge is 0.377 e. The standard InChI is InChI=1S/C14H21N3O2/c1-10-7-11(8-15)3-4-12(10)17-5-6-19-9-13(17)14(18)16-2/h3-4,7,13H,5-6,8-9,15H2,1-2H3,(H,16,18). The maximum Gasteiger partial charge on any atom is 0.244 e. The number of nitrogens with one attached hydrogen (secondary N) is 1. The van der Waals surface area contributed by atoms with Crippen molar-refractivity contribution in [2.45, 2.75) is 19.5 Å². The summed E-state index contributed by atoms with van der Waals surface area (Å²) in [5.41, 5.74) is 8.96. The van der Waals surface area contributed by atoms with Crippen LogP contribution in [0.3, 0.4) is 0 Å². The van der Waals surface area contributed by atoms with Crippen LogP contribution >= 0.6 is 0 Å². The molecule has 1 fully saturated rings. The van der Waals surface area contributed by atoms with E-state index in [0.717, 1.165) is 23.4 Å². The molecule has 1 saturated heterocycles. The molecule has 1 aromatic carbocycles. The number of hydrogen-bond donors (Lipinski definition) is 2. The van der Waals surface area contributed by atoms with Crippen molar-refractivity contribution in [3.63, 3.8) is 0 Å². The van der Waals surface area contributed by atoms with Gasteiger partial charge in [-0.05, 0) is 24.1 Å². The second-order valence-electron chi connectivity index (χ2n) is 4.72. The minimum atomic E-state index is -0.263. The molecule has 5 nitrogen and oxygen atoms in total. The number of amides is 1. The number of carbonyl (C=O) groups excluding carboxylic acids is 1. The first-order valence-corrected chi connectivity index (χ1v) is 6.53. The molecule has 1 amide bonds. The van der Waals surface area contributed by atoms with Crippen LogP contribution in [0.4, 0.5) is 5.69 Å². The molecule has 1 atom stereocenters. The van der Waals surface area contributed by atoms with Crippen LogP contribution in [0.1, 0.15) is 11.1 Å². The van der Waals surface area contributed by atoms with Crippen LogP contribution in [0.2, 0.25) is 0 Å². The van der Waals surface area contributed by atoms with Crippen LogP contribution in [0, 0.1) is 6.92 Å². The maximum atomic E-state index is 11.9. The number of carbonyl (C=O) groups is 1. The fourth-order valence-corrected chi connectivity index (χ4v) is 2.44. The summed E-state index contributed by atoms with van der Waals surface area (Å²) in [6, 6.07) is 5.87. The maximum absolute atomic E-state index is 11.9. The minimum Gasteiger partial charge on any atom is -0.377 e. The van der Waals surface area contributed by atoms with E-state index in [9.17, 15) is 4.79 Å². The van der Waals surface area contributed by atoms with E-state index in [2.05, 4.69) is 16.3 Å². The lowest BCUT2D eigenvalue weighted by Crippen LogP contribution is -2.53. The van der Waals surface area contributed by atoms with E-state index in [1.54, 1.807) is 7.05 Å². The number of morpholine rings is 1. The highest BCUT2D eigenvalue weighted by molar-refractivity contribution is 5.85. The number of aryl methyl sites for hydroxylation is 1. The van der Waals surface area contributed by atoms with Gasteiger partial charge >= 0.3 is 0 Å². The number of nitrogens with zero attached hydrogens (tertiary/aromatic N) is 1. The first kappa shape index (κ1) is 13.8. The van der Waals surface area contributed by atoms with Gasteiger partial charge in [-0.15, -0.1) is 0 Å². The van der Waals surface area contributed by atoms with Crippen molar-refractivity contribution in [2.24, 2.45) is 5.73 Å². The number of likely N-dealkylation sites (N-methyl/N-ethyl adjacent to an activating group) is 1. The molecule has 0 saturated carbocycles. The van der Waals surface area contributed by atoms with Gasteiger partial charge in [-0.1, -0.05) is 12.1 Å². The Morgan fingerprint density at radius 2 is 2.37 bits per heavy atom. The lowest BCUT2D eigenvalue weighted by molar-refractivity contribution is -0.124. The van der Waals surface area contributed by atoms with Crippen LogP contribution in [0.25, 0.3) is 0 Å². The smallest absolute Gasteiger partial charge is 0.244 e. The Hall–Kier alpha value is -1.59. The summed E-state index contributed by atoms with van der Waals surface area (Å²) in [6.07, 6.45) is 0. The predicted molar refractivity (Wildman–Crippen MR) is 75.1 cm³/mol. The van der Waals surface area contributed by atoms with Gasteiger partial charge in [0.2, 0.25) is 5.91 Å². The molecule has 0 bridgehead atoms. The van der Waals surface area contributed by atoms with E-state index in [-0.39, 0.29) is 11.9 Å². The van der Waals surface area contributed by atoms with Crippen molar-refractivity contribution in [3.8, 4) is 0 Å². The quantitative estimate of drug-likeness (QED) is 0.828. The molecule has 1 heterocycles. The topological polar surface area (TPSA) is 67.6 Å². The second-order valence-corrected chi connectivity index (χ2v) is 4.72. The van der Waals surface area contributed by atoms with Crippen LogP contribution in [-0.4, -0.2) is 38.8 Å². The third-order valence-corrected chi connectivity index (χ3v) is 3.48. The van der Waals surface area contributed by atoms with Gasteiger partial charge in [-0.25, -0.2) is 0 Å². The molecule has 19 heavy (non-hydrogen) atoms. The van der Waals surface area contributed by atoms with Crippen LogP contribution in [0.5, 0.6) is 0 Å². The van der Waals surface area contributed by atoms with Crippen molar-refractivity contribution in [1.29, 1.82) is 0 Å². The molecule has 1 aromatic rings. The van der Waals surface area contributed by atoms with E-state index in [0.29, 0.717) is 19.8 Å². The highest BCUT2D eigenvalue weighted by atomic mass is 16.5. The fraction of sp³-hybridized carbons (Fsp3) is 0.500. The first-order chi connectivity index (χ1) is 9.17. The zero-order valence-electron chi connectivity index (χ0n) is 11.5. The lowest BCUT2D eigenvalue weighted by Gasteiger charge is -2.37. The summed E-state index contributed by atoms with van der Waals surface area (Å²) in [5.74, 6) is -0.0120. The number of nitrogens with two attached hydrogens (primary N) is 1. The number of rotatable bonds is 3. The molecular weight excluding hydrogens is 242 g/mol. The molecule has 3 N–H and O–H groups in total. The molecule has 2 rings (SSSR count). The molecular formula is C14H21N3O2. The van der Waals surface area contributed by atoms with E-state index in [4.69, 9.17) is 10.5 Å². The van der Waals surface area contributed by atoms with E-state index < -0.39 is 0 Å². The Balaban J connectivity index is 2.29. The van der Waals surface area contributed by atoms with Crippen molar-refractivity contribution in [1.82, 2.24) is 5.32 Å². The molecule has 0 spiro atoms. The highest BCUT2D eigenvalue weighted by Crippen LogP contribution is 2.25. The van der Waals surface area contributed by atoms with E-state index in [1.807, 2.05) is 19.1 Å². The minimum absolute atomic E-state index is 0.0120. The predicted octanol–water partition coefficient (Wildman–Crippen LogP) is 0.405. The van der Waals surface area contributed by atoms with Gasteiger partial charge in [0.1, 0.15) is 6.04 Å².